The molecule has 0 bridgehead atoms. The third-order valence-corrected chi connectivity index (χ3v) is 2.50. The average Bonchev–Trinajstić information content (AvgIpc) is 2.95. The van der Waals surface area contributed by atoms with Gasteiger partial charge in [0.15, 0.2) is 12.3 Å². The van der Waals surface area contributed by atoms with Crippen LogP contribution in [0.2, 0.25) is 0 Å². The summed E-state index contributed by atoms with van der Waals surface area (Å²) in [5, 5.41) is 8.77. The highest BCUT2D eigenvalue weighted by atomic mass is 16.5. The van der Waals surface area contributed by atoms with Crippen LogP contribution >= 0.6 is 0 Å². The Morgan fingerprint density at radius 1 is 1.29 bits per heavy atom. The van der Waals surface area contributed by atoms with Crippen molar-refractivity contribution in [3.05, 3.63) is 47.7 Å². The van der Waals surface area contributed by atoms with E-state index in [0.29, 0.717) is 5.75 Å². The Balaban J connectivity index is 1.94. The molecule has 7 heteroatoms. The van der Waals surface area contributed by atoms with E-state index in [1.165, 1.54) is 30.5 Å². The van der Waals surface area contributed by atoms with E-state index in [-0.39, 0.29) is 30.4 Å². The number of carboxylic acid groups (broad SMARTS) is 1. The Bertz CT molecular complexity index is 631. The average molecular weight is 291 g/mol. The van der Waals surface area contributed by atoms with Crippen LogP contribution in [0.4, 0.5) is 0 Å². The second-order valence-corrected chi connectivity index (χ2v) is 3.97. The molecule has 0 spiro atoms. The highest BCUT2D eigenvalue weighted by Gasteiger charge is 2.13. The van der Waals surface area contributed by atoms with Crippen LogP contribution in [0, 0.1) is 0 Å². The summed E-state index contributed by atoms with van der Waals surface area (Å²) < 4.78 is 15.2. The highest BCUT2D eigenvalue weighted by molar-refractivity contribution is 5.87. The molecule has 0 fully saturated rings. The van der Waals surface area contributed by atoms with E-state index in [9.17, 15) is 9.59 Å². The van der Waals surface area contributed by atoms with Gasteiger partial charge in [0.1, 0.15) is 12.0 Å². The third kappa shape index (κ3) is 3.82. The summed E-state index contributed by atoms with van der Waals surface area (Å²) in [4.78, 5) is 26.0. The molecule has 0 saturated carbocycles. The molecule has 0 radical (unpaired) electrons. The van der Waals surface area contributed by atoms with Crippen LogP contribution in [0.1, 0.15) is 33.7 Å². The van der Waals surface area contributed by atoms with Crippen LogP contribution in [0.15, 0.2) is 34.9 Å². The molecule has 0 aliphatic carbocycles. The maximum absolute atomic E-state index is 11.4. The molecule has 0 aliphatic rings. The summed E-state index contributed by atoms with van der Waals surface area (Å²) in [5.74, 6) is -0.872. The Labute approximate surface area is 120 Å². The third-order valence-electron chi connectivity index (χ3n) is 2.50. The zero-order valence-electron chi connectivity index (χ0n) is 11.2. The van der Waals surface area contributed by atoms with Gasteiger partial charge in [-0.3, -0.25) is 0 Å². The van der Waals surface area contributed by atoms with Gasteiger partial charge in [0.05, 0.1) is 12.2 Å². The van der Waals surface area contributed by atoms with E-state index in [1.807, 2.05) is 0 Å². The van der Waals surface area contributed by atoms with Crippen LogP contribution in [-0.4, -0.2) is 28.6 Å². The molecule has 0 unspecified atom stereocenters. The van der Waals surface area contributed by atoms with Gasteiger partial charge >= 0.3 is 11.9 Å². The Morgan fingerprint density at radius 2 is 2.00 bits per heavy atom. The molecule has 1 aromatic heterocycles. The minimum Gasteiger partial charge on any atom is -0.484 e. The zero-order valence-corrected chi connectivity index (χ0v) is 11.2. The van der Waals surface area contributed by atoms with E-state index >= 15 is 0 Å². The van der Waals surface area contributed by atoms with Gasteiger partial charge in [-0.05, 0) is 31.2 Å². The van der Waals surface area contributed by atoms with E-state index in [0.717, 1.165) is 0 Å². The van der Waals surface area contributed by atoms with Crippen LogP contribution in [-0.2, 0) is 11.3 Å². The predicted octanol–water partition coefficient (Wildman–Crippen LogP) is 2.13. The van der Waals surface area contributed by atoms with Crippen molar-refractivity contribution in [2.24, 2.45) is 0 Å². The first-order chi connectivity index (χ1) is 10.1. The number of esters is 1. The topological polar surface area (TPSA) is 98.9 Å². The summed E-state index contributed by atoms with van der Waals surface area (Å²) >= 11 is 0. The lowest BCUT2D eigenvalue weighted by Crippen LogP contribution is -2.05. The smallest absolute Gasteiger partial charge is 0.360 e. The van der Waals surface area contributed by atoms with Crippen LogP contribution in [0.5, 0.6) is 5.75 Å². The lowest BCUT2D eigenvalue weighted by molar-refractivity contribution is 0.0519. The number of hydrogen-bond donors (Lipinski definition) is 1. The number of carboxylic acids is 1. The van der Waals surface area contributed by atoms with E-state index in [2.05, 4.69) is 4.98 Å². The van der Waals surface area contributed by atoms with Crippen molar-refractivity contribution < 1.29 is 28.6 Å². The fraction of sp³-hybridized carbons (Fsp3) is 0.214. The Hall–Kier alpha value is -2.83. The minimum absolute atomic E-state index is 0.0197. The van der Waals surface area contributed by atoms with Crippen molar-refractivity contribution in [3.63, 3.8) is 0 Å². The largest absolute Gasteiger partial charge is 0.484 e. The number of hydrogen-bond acceptors (Lipinski definition) is 6. The molecule has 21 heavy (non-hydrogen) atoms. The quantitative estimate of drug-likeness (QED) is 0.814. The van der Waals surface area contributed by atoms with Gasteiger partial charge in [0.25, 0.3) is 0 Å². The molecule has 7 nitrogen and oxygen atoms in total. The second-order valence-electron chi connectivity index (χ2n) is 3.97. The fourth-order valence-corrected chi connectivity index (χ4v) is 1.51. The van der Waals surface area contributed by atoms with E-state index in [1.54, 1.807) is 6.92 Å². The SMILES string of the molecule is CCOC(=O)c1coc(COc2ccc(C(=O)O)cc2)n1. The van der Waals surface area contributed by atoms with Gasteiger partial charge in [-0.15, -0.1) is 0 Å². The van der Waals surface area contributed by atoms with Crippen molar-refractivity contribution in [1.82, 2.24) is 4.98 Å². The van der Waals surface area contributed by atoms with E-state index < -0.39 is 11.9 Å². The van der Waals surface area contributed by atoms with E-state index in [4.69, 9.17) is 19.0 Å². The Kier molecular flexibility index (Phi) is 4.55. The zero-order chi connectivity index (χ0) is 15.2. The number of ether oxygens (including phenoxy) is 2. The van der Waals surface area contributed by atoms with Gasteiger partial charge in [-0.25, -0.2) is 14.6 Å². The van der Waals surface area contributed by atoms with Crippen molar-refractivity contribution in [1.29, 1.82) is 0 Å². The molecular formula is C14H13NO6. The minimum atomic E-state index is -1.01. The molecule has 0 amide bonds. The standard InChI is InChI=1S/C14H13NO6/c1-2-19-14(18)11-7-21-12(15-11)8-20-10-5-3-9(4-6-10)13(16)17/h3-7H,2,8H2,1H3,(H,16,17). The normalized spacial score (nSPS) is 10.1. The maximum Gasteiger partial charge on any atom is 0.360 e. The van der Waals surface area contributed by atoms with Crippen molar-refractivity contribution in [2.45, 2.75) is 13.5 Å². The summed E-state index contributed by atoms with van der Waals surface area (Å²) in [7, 11) is 0. The summed E-state index contributed by atoms with van der Waals surface area (Å²) in [6, 6.07) is 5.91. The van der Waals surface area contributed by atoms with Gasteiger partial charge < -0.3 is 19.0 Å². The monoisotopic (exact) mass is 291 g/mol. The van der Waals surface area contributed by atoms with Crippen molar-refractivity contribution in [3.8, 4) is 5.75 Å². The molecule has 2 aromatic rings. The summed E-state index contributed by atoms with van der Waals surface area (Å²) in [5.41, 5.74) is 0.250. The lowest BCUT2D eigenvalue weighted by atomic mass is 10.2. The molecule has 0 atom stereocenters. The molecule has 1 aromatic carbocycles. The van der Waals surface area contributed by atoms with Gasteiger partial charge in [-0.1, -0.05) is 0 Å². The number of carbonyl (C=O) groups excluding carboxylic acids is 1. The van der Waals surface area contributed by atoms with Crippen molar-refractivity contribution >= 4 is 11.9 Å². The maximum atomic E-state index is 11.4. The fourth-order valence-electron chi connectivity index (χ4n) is 1.51. The van der Waals surface area contributed by atoms with Gasteiger partial charge in [-0.2, -0.15) is 0 Å². The number of carbonyl (C=O) groups is 2. The predicted molar refractivity (Wildman–Crippen MR) is 70.2 cm³/mol. The van der Waals surface area contributed by atoms with Crippen LogP contribution in [0.25, 0.3) is 0 Å². The molecule has 0 aliphatic heterocycles. The first kappa shape index (κ1) is 14.6. The molecule has 0 saturated heterocycles. The van der Waals surface area contributed by atoms with Crippen LogP contribution < -0.4 is 4.74 Å². The summed E-state index contributed by atoms with van der Waals surface area (Å²) in [6.45, 7) is 1.97. The number of rotatable bonds is 6. The van der Waals surface area contributed by atoms with Crippen LogP contribution in [0.3, 0.4) is 0 Å². The van der Waals surface area contributed by atoms with Gasteiger partial charge in [0, 0.05) is 0 Å². The Morgan fingerprint density at radius 3 is 2.62 bits per heavy atom. The molecule has 110 valence electrons. The lowest BCUT2D eigenvalue weighted by Gasteiger charge is -2.03. The number of oxazole rings is 1. The summed E-state index contributed by atoms with van der Waals surface area (Å²) in [6.07, 6.45) is 1.20. The molecular weight excluding hydrogens is 278 g/mol. The first-order valence-electron chi connectivity index (χ1n) is 6.18. The molecule has 1 N–H and O–H groups in total. The van der Waals surface area contributed by atoms with Gasteiger partial charge in [0.2, 0.25) is 5.89 Å². The number of aromatic carboxylic acids is 1. The molecule has 1 heterocycles. The number of nitrogens with zero attached hydrogens (tertiary/aromatic N) is 1. The molecule has 2 rings (SSSR count). The second kappa shape index (κ2) is 6.56. The van der Waals surface area contributed by atoms with Crippen molar-refractivity contribution in [2.75, 3.05) is 6.61 Å². The first-order valence-corrected chi connectivity index (χ1v) is 6.18. The number of aromatic nitrogens is 1. The number of benzene rings is 1. The highest BCUT2D eigenvalue weighted by Crippen LogP contribution is 2.14.